The number of hydrogen-bond donors (Lipinski definition) is 1. The van der Waals surface area contributed by atoms with E-state index in [0.29, 0.717) is 36.0 Å². The van der Waals surface area contributed by atoms with Gasteiger partial charge < -0.3 is 19.5 Å². The standard InChI is InChI=1S/C24H25NO4/c1-17-9-11-21(27-2)20(13-17)24(26)25-15-19-10-12-22(23(14-19)28-3)29-16-18-7-5-4-6-8-18/h4-14H,15-16H2,1-3H3,(H,25,26). The number of rotatable bonds is 8. The molecule has 0 bridgehead atoms. The van der Waals surface area contributed by atoms with Crippen molar-refractivity contribution in [2.75, 3.05) is 14.2 Å². The van der Waals surface area contributed by atoms with Gasteiger partial charge >= 0.3 is 0 Å². The van der Waals surface area contributed by atoms with Crippen molar-refractivity contribution in [3.8, 4) is 17.2 Å². The number of amides is 1. The summed E-state index contributed by atoms with van der Waals surface area (Å²) in [6.07, 6.45) is 0. The van der Waals surface area contributed by atoms with Crippen LogP contribution in [0.25, 0.3) is 0 Å². The molecule has 0 aliphatic heterocycles. The zero-order valence-corrected chi connectivity index (χ0v) is 16.9. The van der Waals surface area contributed by atoms with Crippen molar-refractivity contribution < 1.29 is 19.0 Å². The molecule has 0 spiro atoms. The molecule has 0 heterocycles. The Hall–Kier alpha value is -3.47. The van der Waals surface area contributed by atoms with E-state index in [9.17, 15) is 4.79 Å². The molecule has 0 aliphatic rings. The van der Waals surface area contributed by atoms with Crippen LogP contribution in [-0.2, 0) is 13.2 Å². The highest BCUT2D eigenvalue weighted by Crippen LogP contribution is 2.29. The van der Waals surface area contributed by atoms with E-state index in [4.69, 9.17) is 14.2 Å². The first-order chi connectivity index (χ1) is 14.1. The second-order valence-electron chi connectivity index (χ2n) is 6.65. The van der Waals surface area contributed by atoms with Gasteiger partial charge in [-0.3, -0.25) is 4.79 Å². The van der Waals surface area contributed by atoms with Crippen molar-refractivity contribution in [1.29, 1.82) is 0 Å². The number of carbonyl (C=O) groups excluding carboxylic acids is 1. The molecule has 0 unspecified atom stereocenters. The van der Waals surface area contributed by atoms with E-state index in [-0.39, 0.29) is 5.91 Å². The molecule has 3 aromatic rings. The van der Waals surface area contributed by atoms with Gasteiger partial charge in [0.1, 0.15) is 12.4 Å². The summed E-state index contributed by atoms with van der Waals surface area (Å²) in [4.78, 5) is 12.6. The molecule has 150 valence electrons. The summed E-state index contributed by atoms with van der Waals surface area (Å²) in [6, 6.07) is 21.1. The van der Waals surface area contributed by atoms with Crippen molar-refractivity contribution in [3.05, 3.63) is 89.0 Å². The maximum Gasteiger partial charge on any atom is 0.255 e. The number of methoxy groups -OCH3 is 2. The fraction of sp³-hybridized carbons (Fsp3) is 0.208. The second kappa shape index (κ2) is 9.64. The lowest BCUT2D eigenvalue weighted by Gasteiger charge is -2.13. The van der Waals surface area contributed by atoms with Crippen LogP contribution in [0.15, 0.2) is 66.7 Å². The topological polar surface area (TPSA) is 56.8 Å². The van der Waals surface area contributed by atoms with E-state index in [1.807, 2.05) is 67.6 Å². The van der Waals surface area contributed by atoms with E-state index < -0.39 is 0 Å². The maximum absolute atomic E-state index is 12.6. The van der Waals surface area contributed by atoms with Crippen molar-refractivity contribution >= 4 is 5.91 Å². The van der Waals surface area contributed by atoms with E-state index in [1.54, 1.807) is 20.3 Å². The van der Waals surface area contributed by atoms with Crippen LogP contribution in [0.4, 0.5) is 0 Å². The van der Waals surface area contributed by atoms with E-state index in [0.717, 1.165) is 16.7 Å². The predicted molar refractivity (Wildman–Crippen MR) is 113 cm³/mol. The first-order valence-electron chi connectivity index (χ1n) is 9.37. The Morgan fingerprint density at radius 1 is 0.828 bits per heavy atom. The molecule has 1 amide bonds. The maximum atomic E-state index is 12.6. The molecule has 5 nitrogen and oxygen atoms in total. The smallest absolute Gasteiger partial charge is 0.255 e. The summed E-state index contributed by atoms with van der Waals surface area (Å²) in [7, 11) is 3.16. The summed E-state index contributed by atoms with van der Waals surface area (Å²) < 4.78 is 16.6. The van der Waals surface area contributed by atoms with Gasteiger partial charge in [0.25, 0.3) is 5.91 Å². The Morgan fingerprint density at radius 2 is 1.55 bits per heavy atom. The molecule has 3 aromatic carbocycles. The molecule has 3 rings (SSSR count). The van der Waals surface area contributed by atoms with Crippen LogP contribution in [0.3, 0.4) is 0 Å². The Bertz CT molecular complexity index is 970. The quantitative estimate of drug-likeness (QED) is 0.613. The van der Waals surface area contributed by atoms with Gasteiger partial charge in [-0.2, -0.15) is 0 Å². The minimum absolute atomic E-state index is 0.186. The van der Waals surface area contributed by atoms with Gasteiger partial charge in [-0.05, 0) is 42.3 Å². The number of hydrogen-bond acceptors (Lipinski definition) is 4. The van der Waals surface area contributed by atoms with Crippen molar-refractivity contribution in [2.45, 2.75) is 20.1 Å². The summed E-state index contributed by atoms with van der Waals surface area (Å²) in [6.45, 7) is 2.76. The molecule has 0 aromatic heterocycles. The van der Waals surface area contributed by atoms with Crippen LogP contribution < -0.4 is 19.5 Å². The van der Waals surface area contributed by atoms with Crippen molar-refractivity contribution in [2.24, 2.45) is 0 Å². The molecule has 1 N–H and O–H groups in total. The predicted octanol–water partition coefficient (Wildman–Crippen LogP) is 4.52. The SMILES string of the molecule is COc1cc(CNC(=O)c2cc(C)ccc2OC)ccc1OCc1ccccc1. The van der Waals surface area contributed by atoms with Gasteiger partial charge in [-0.25, -0.2) is 0 Å². The number of benzene rings is 3. The fourth-order valence-corrected chi connectivity index (χ4v) is 2.95. The van der Waals surface area contributed by atoms with E-state index in [1.165, 1.54) is 0 Å². The molecule has 0 radical (unpaired) electrons. The second-order valence-corrected chi connectivity index (χ2v) is 6.65. The first kappa shape index (κ1) is 20.3. The zero-order valence-electron chi connectivity index (χ0n) is 16.9. The van der Waals surface area contributed by atoms with Crippen LogP contribution >= 0.6 is 0 Å². The average molecular weight is 391 g/mol. The highest BCUT2D eigenvalue weighted by molar-refractivity contribution is 5.97. The number of nitrogens with one attached hydrogen (secondary N) is 1. The molecule has 5 heteroatoms. The minimum atomic E-state index is -0.186. The van der Waals surface area contributed by atoms with Gasteiger partial charge in [-0.1, -0.05) is 48.0 Å². The lowest BCUT2D eigenvalue weighted by atomic mass is 10.1. The molecule has 29 heavy (non-hydrogen) atoms. The van der Waals surface area contributed by atoms with Crippen LogP contribution in [0.5, 0.6) is 17.2 Å². The van der Waals surface area contributed by atoms with Gasteiger partial charge in [-0.15, -0.1) is 0 Å². The molecular formula is C24H25NO4. The van der Waals surface area contributed by atoms with Gasteiger partial charge in [0, 0.05) is 6.54 Å². The summed E-state index contributed by atoms with van der Waals surface area (Å²) >= 11 is 0. The number of carbonyl (C=O) groups is 1. The third-order valence-corrected chi connectivity index (χ3v) is 4.52. The Kier molecular flexibility index (Phi) is 6.74. The Balaban J connectivity index is 1.66. The lowest BCUT2D eigenvalue weighted by molar-refractivity contribution is 0.0947. The van der Waals surface area contributed by atoms with Crippen LogP contribution in [0.2, 0.25) is 0 Å². The number of aryl methyl sites for hydroxylation is 1. The van der Waals surface area contributed by atoms with Crippen LogP contribution in [-0.4, -0.2) is 20.1 Å². The van der Waals surface area contributed by atoms with Crippen LogP contribution in [0.1, 0.15) is 27.0 Å². The third kappa shape index (κ3) is 5.29. The van der Waals surface area contributed by atoms with Gasteiger partial charge in [0.2, 0.25) is 0 Å². The highest BCUT2D eigenvalue weighted by atomic mass is 16.5. The van der Waals surface area contributed by atoms with Crippen molar-refractivity contribution in [1.82, 2.24) is 5.32 Å². The Labute approximate surface area is 171 Å². The fourth-order valence-electron chi connectivity index (χ4n) is 2.95. The minimum Gasteiger partial charge on any atom is -0.496 e. The molecule has 0 atom stereocenters. The van der Waals surface area contributed by atoms with E-state index in [2.05, 4.69) is 5.32 Å². The zero-order chi connectivity index (χ0) is 20.6. The Morgan fingerprint density at radius 3 is 2.28 bits per heavy atom. The van der Waals surface area contributed by atoms with Crippen LogP contribution in [0, 0.1) is 6.92 Å². The number of ether oxygens (including phenoxy) is 3. The van der Waals surface area contributed by atoms with Gasteiger partial charge in [0.05, 0.1) is 19.8 Å². The molecule has 0 fully saturated rings. The lowest BCUT2D eigenvalue weighted by Crippen LogP contribution is -2.23. The normalized spacial score (nSPS) is 10.3. The summed E-state index contributed by atoms with van der Waals surface area (Å²) in [5.74, 6) is 1.65. The van der Waals surface area contributed by atoms with Gasteiger partial charge in [0.15, 0.2) is 11.5 Å². The average Bonchev–Trinajstić information content (AvgIpc) is 2.76. The molecule has 0 saturated carbocycles. The monoisotopic (exact) mass is 391 g/mol. The summed E-state index contributed by atoms with van der Waals surface area (Å²) in [5, 5.41) is 2.93. The molecule has 0 aliphatic carbocycles. The summed E-state index contributed by atoms with van der Waals surface area (Å²) in [5.41, 5.74) is 3.51. The van der Waals surface area contributed by atoms with Crippen molar-refractivity contribution in [3.63, 3.8) is 0 Å². The largest absolute Gasteiger partial charge is 0.496 e. The highest BCUT2D eigenvalue weighted by Gasteiger charge is 2.13. The first-order valence-corrected chi connectivity index (χ1v) is 9.37. The molecule has 0 saturated heterocycles. The molecular weight excluding hydrogens is 366 g/mol. The van der Waals surface area contributed by atoms with E-state index >= 15 is 0 Å². The third-order valence-electron chi connectivity index (χ3n) is 4.52.